The Hall–Kier alpha value is -3.73. The molecule has 2 aliphatic heterocycles. The van der Waals surface area contributed by atoms with Crippen molar-refractivity contribution in [2.24, 2.45) is 0 Å². The van der Waals surface area contributed by atoms with Gasteiger partial charge in [0.05, 0.1) is 41.8 Å². The molecule has 0 radical (unpaired) electrons. The molecule has 2 aliphatic carbocycles. The normalized spacial score (nSPS) is 20.6. The van der Waals surface area contributed by atoms with E-state index in [4.69, 9.17) is 47.4 Å². The Morgan fingerprint density at radius 2 is 1.18 bits per heavy atom. The van der Waals surface area contributed by atoms with Crippen LogP contribution in [0.3, 0.4) is 0 Å². The molecule has 2 unspecified atom stereocenters. The van der Waals surface area contributed by atoms with Crippen LogP contribution in [0.2, 0.25) is 10.0 Å². The van der Waals surface area contributed by atoms with Crippen molar-refractivity contribution in [1.82, 2.24) is 24.7 Å². The van der Waals surface area contributed by atoms with Gasteiger partial charge in [0.1, 0.15) is 0 Å². The molecule has 8 rings (SSSR count). The van der Waals surface area contributed by atoms with Gasteiger partial charge in [-0.25, -0.2) is 9.97 Å². The Morgan fingerprint density at radius 1 is 0.706 bits per heavy atom. The maximum atomic E-state index is 11.9. The van der Waals surface area contributed by atoms with Crippen LogP contribution in [0.25, 0.3) is 33.6 Å². The van der Waals surface area contributed by atoms with Gasteiger partial charge < -0.3 is 19.1 Å². The van der Waals surface area contributed by atoms with Crippen LogP contribution in [0.4, 0.5) is 0 Å². The maximum absolute atomic E-state index is 11.9. The standard InChI is InChI=1S/C40H43Cl2N5O4/c1-23(48)45-15-17-46(18-16-45)33-13-11-24-19-31(43-39(50-3)35(24)33)29-9-5-7-27(37(29)41)28-8-6-10-30(38(28)42)32-20-25-12-14-34(36(25)40(44-32)51-4)47-21-26(22-47)49-2/h5-10,19-20,26,33-34H,11-18,21-22H2,1-4H3. The lowest BCUT2D eigenvalue weighted by atomic mass is 9.96. The van der Waals surface area contributed by atoms with Crippen molar-refractivity contribution in [3.63, 3.8) is 0 Å². The van der Waals surface area contributed by atoms with Gasteiger partial charge in [0.15, 0.2) is 0 Å². The first-order chi connectivity index (χ1) is 24.8. The minimum atomic E-state index is 0.134. The molecule has 11 heteroatoms. The first kappa shape index (κ1) is 34.4. The quantitative estimate of drug-likeness (QED) is 0.188. The predicted molar refractivity (Wildman–Crippen MR) is 200 cm³/mol. The number of pyridine rings is 2. The van der Waals surface area contributed by atoms with Crippen LogP contribution in [0.15, 0.2) is 48.5 Å². The summed E-state index contributed by atoms with van der Waals surface area (Å²) in [7, 11) is 5.15. The first-order valence-electron chi connectivity index (χ1n) is 17.8. The number of fused-ring (bicyclic) bond motifs is 2. The number of hydrogen-bond donors (Lipinski definition) is 0. The Bertz CT molecular complexity index is 1990. The summed E-state index contributed by atoms with van der Waals surface area (Å²) in [6, 6.07) is 16.8. The zero-order valence-corrected chi connectivity index (χ0v) is 31.1. The molecule has 9 nitrogen and oxygen atoms in total. The number of rotatable bonds is 8. The number of hydrogen-bond acceptors (Lipinski definition) is 8. The van der Waals surface area contributed by atoms with Gasteiger partial charge in [-0.3, -0.25) is 14.6 Å². The summed E-state index contributed by atoms with van der Waals surface area (Å²) >= 11 is 14.5. The summed E-state index contributed by atoms with van der Waals surface area (Å²) in [6.45, 7) is 6.65. The molecular formula is C40H43Cl2N5O4. The Balaban J connectivity index is 1.10. The van der Waals surface area contributed by atoms with E-state index in [0.29, 0.717) is 27.9 Å². The number of halogens is 2. The average Bonchev–Trinajstić information content (AvgIpc) is 3.76. The smallest absolute Gasteiger partial charge is 0.219 e. The molecular weight excluding hydrogens is 685 g/mol. The predicted octanol–water partition coefficient (Wildman–Crippen LogP) is 7.27. The molecule has 0 N–H and O–H groups in total. The Labute approximate surface area is 309 Å². The van der Waals surface area contributed by atoms with Crippen molar-refractivity contribution in [3.05, 3.63) is 80.8 Å². The van der Waals surface area contributed by atoms with Gasteiger partial charge in [0, 0.05) is 98.8 Å². The fourth-order valence-corrected chi connectivity index (χ4v) is 9.23. The number of carbonyl (C=O) groups excluding carboxylic acids is 1. The molecule has 2 atom stereocenters. The van der Waals surface area contributed by atoms with E-state index in [1.54, 1.807) is 28.3 Å². The molecule has 0 bridgehead atoms. The highest BCUT2D eigenvalue weighted by molar-refractivity contribution is 6.39. The molecule has 0 saturated carbocycles. The lowest BCUT2D eigenvalue weighted by Crippen LogP contribution is -2.52. The lowest BCUT2D eigenvalue weighted by molar-refractivity contribution is -0.130. The molecule has 4 heterocycles. The van der Waals surface area contributed by atoms with Crippen LogP contribution in [0.5, 0.6) is 11.8 Å². The van der Waals surface area contributed by atoms with Crippen LogP contribution < -0.4 is 9.47 Å². The number of carbonyl (C=O) groups is 1. The largest absolute Gasteiger partial charge is 0.481 e. The average molecular weight is 729 g/mol. The van der Waals surface area contributed by atoms with Gasteiger partial charge in [-0.15, -0.1) is 0 Å². The topological polar surface area (TPSA) is 80.3 Å². The molecule has 266 valence electrons. The van der Waals surface area contributed by atoms with Crippen molar-refractivity contribution in [3.8, 4) is 45.4 Å². The highest BCUT2D eigenvalue weighted by Crippen LogP contribution is 2.48. The van der Waals surface area contributed by atoms with Gasteiger partial charge in [-0.2, -0.15) is 0 Å². The second-order valence-corrected chi connectivity index (χ2v) is 14.7. The van der Waals surface area contributed by atoms with Crippen molar-refractivity contribution < 1.29 is 19.0 Å². The number of ether oxygens (including phenoxy) is 3. The van der Waals surface area contributed by atoms with Crippen LogP contribution >= 0.6 is 23.2 Å². The second-order valence-electron chi connectivity index (χ2n) is 14.0. The molecule has 2 saturated heterocycles. The number of methoxy groups -OCH3 is 3. The number of aromatic nitrogens is 2. The molecule has 4 aliphatic rings. The Kier molecular flexibility index (Phi) is 9.44. The van der Waals surface area contributed by atoms with E-state index in [0.717, 1.165) is 104 Å². The summed E-state index contributed by atoms with van der Waals surface area (Å²) in [4.78, 5) is 28.8. The SMILES string of the molecule is COc1nc(-c2cccc(-c3cccc(-c4cc5c(c(OC)n4)C(N4CC(OC)C4)CC5)c3Cl)c2Cl)cc2c1C(N1CCN(C(C)=O)CC1)CC2. The molecule has 1 amide bonds. The highest BCUT2D eigenvalue weighted by Gasteiger charge is 2.39. The van der Waals surface area contributed by atoms with Gasteiger partial charge in [0.25, 0.3) is 0 Å². The summed E-state index contributed by atoms with van der Waals surface area (Å²) in [5, 5.41) is 1.16. The number of nitrogens with zero attached hydrogens (tertiary/aromatic N) is 5. The van der Waals surface area contributed by atoms with Gasteiger partial charge in [-0.05, 0) is 48.9 Å². The molecule has 2 aromatic heterocycles. The second kappa shape index (κ2) is 14.0. The van der Waals surface area contributed by atoms with Crippen LogP contribution in [0, 0.1) is 0 Å². The van der Waals surface area contributed by atoms with E-state index in [2.05, 4.69) is 21.9 Å². The van der Waals surface area contributed by atoms with Crippen molar-refractivity contribution in [2.75, 3.05) is 60.6 Å². The van der Waals surface area contributed by atoms with Gasteiger partial charge in [-0.1, -0.05) is 59.6 Å². The molecule has 2 aromatic carbocycles. The third-order valence-electron chi connectivity index (χ3n) is 11.3. The number of amides is 1. The molecule has 0 spiro atoms. The monoisotopic (exact) mass is 727 g/mol. The van der Waals surface area contributed by atoms with Crippen molar-refractivity contribution in [1.29, 1.82) is 0 Å². The highest BCUT2D eigenvalue weighted by atomic mass is 35.5. The van der Waals surface area contributed by atoms with Gasteiger partial charge in [0.2, 0.25) is 17.7 Å². The minimum Gasteiger partial charge on any atom is -0.481 e. The summed E-state index contributed by atoms with van der Waals surface area (Å²) in [5.41, 5.74) is 9.65. The molecule has 4 aromatic rings. The van der Waals surface area contributed by atoms with Crippen molar-refractivity contribution in [2.45, 2.75) is 50.8 Å². The third kappa shape index (κ3) is 6.07. The molecule has 51 heavy (non-hydrogen) atoms. The maximum Gasteiger partial charge on any atom is 0.219 e. The van der Waals surface area contributed by atoms with E-state index in [1.165, 1.54) is 16.7 Å². The fraction of sp³-hybridized carbons (Fsp3) is 0.425. The zero-order chi connectivity index (χ0) is 35.4. The van der Waals surface area contributed by atoms with E-state index in [9.17, 15) is 4.79 Å². The lowest BCUT2D eigenvalue weighted by Gasteiger charge is -2.42. The number of benzene rings is 2. The minimum absolute atomic E-state index is 0.134. The van der Waals surface area contributed by atoms with E-state index in [1.807, 2.05) is 41.3 Å². The van der Waals surface area contributed by atoms with E-state index < -0.39 is 0 Å². The van der Waals surface area contributed by atoms with Crippen molar-refractivity contribution >= 4 is 29.1 Å². The number of aryl methyl sites for hydroxylation is 2. The number of likely N-dealkylation sites (tertiary alicyclic amines) is 1. The fourth-order valence-electron chi connectivity index (χ4n) is 8.58. The molecule has 2 fully saturated rings. The van der Waals surface area contributed by atoms with Gasteiger partial charge >= 0.3 is 0 Å². The first-order valence-corrected chi connectivity index (χ1v) is 18.5. The summed E-state index contributed by atoms with van der Waals surface area (Å²) in [6.07, 6.45) is 4.19. The number of piperazine rings is 1. The van der Waals surface area contributed by atoms with E-state index in [-0.39, 0.29) is 18.0 Å². The zero-order valence-electron chi connectivity index (χ0n) is 29.5. The van der Waals surface area contributed by atoms with Crippen LogP contribution in [0.1, 0.15) is 54.1 Å². The van der Waals surface area contributed by atoms with Crippen LogP contribution in [-0.4, -0.2) is 97.3 Å². The third-order valence-corrected chi connectivity index (χ3v) is 12.2. The summed E-state index contributed by atoms with van der Waals surface area (Å²) < 4.78 is 17.4. The van der Waals surface area contributed by atoms with Crippen LogP contribution in [-0.2, 0) is 22.4 Å². The summed E-state index contributed by atoms with van der Waals surface area (Å²) in [5.74, 6) is 1.42. The Morgan fingerprint density at radius 3 is 1.63 bits per heavy atom. The van der Waals surface area contributed by atoms with E-state index >= 15 is 0 Å².